The van der Waals surface area contributed by atoms with Gasteiger partial charge >= 0.3 is 5.97 Å². The minimum Gasteiger partial charge on any atom is -0.478 e. The molecular weight excluding hydrogens is 402 g/mol. The van der Waals surface area contributed by atoms with Crippen LogP contribution >= 0.6 is 0 Å². The van der Waals surface area contributed by atoms with Gasteiger partial charge in [0.05, 0.1) is 28.2 Å². The smallest absolute Gasteiger partial charge is 0.339 e. The number of carboxylic acids is 1. The lowest BCUT2D eigenvalue weighted by Crippen LogP contribution is -2.13. The van der Waals surface area contributed by atoms with Crippen LogP contribution in [0.25, 0.3) is 5.69 Å². The number of sulfonamides is 1. The number of nitrogens with zero attached hydrogens (tertiary/aromatic N) is 2. The van der Waals surface area contributed by atoms with Crippen molar-refractivity contribution in [3.05, 3.63) is 71.5 Å². The molecule has 1 fully saturated rings. The lowest BCUT2D eigenvalue weighted by Gasteiger charge is -2.12. The average molecular weight is 426 g/mol. The molecular formula is C22H23N3O4S. The second-order valence-electron chi connectivity index (χ2n) is 7.48. The van der Waals surface area contributed by atoms with Gasteiger partial charge in [-0.05, 0) is 55.2 Å². The summed E-state index contributed by atoms with van der Waals surface area (Å²) in [6.45, 7) is 2.08. The fourth-order valence-corrected chi connectivity index (χ4v) is 4.57. The Morgan fingerprint density at radius 2 is 1.93 bits per heavy atom. The first-order valence-corrected chi connectivity index (χ1v) is 11.4. The Bertz CT molecular complexity index is 1180. The van der Waals surface area contributed by atoms with Gasteiger partial charge in [-0.2, -0.15) is 5.10 Å². The molecule has 0 aliphatic heterocycles. The van der Waals surface area contributed by atoms with E-state index >= 15 is 0 Å². The van der Waals surface area contributed by atoms with Gasteiger partial charge < -0.3 is 5.11 Å². The SMILES string of the molecule is CCCc1ccc(S(=O)(=O)Nc2cccc(-n3ncc(C(=O)O)c3C3CC3)c2)cc1. The molecule has 30 heavy (non-hydrogen) atoms. The number of anilines is 1. The number of carbonyl (C=O) groups is 1. The van der Waals surface area contributed by atoms with Crippen LogP contribution in [0, 0.1) is 0 Å². The Kier molecular flexibility index (Phi) is 5.34. The summed E-state index contributed by atoms with van der Waals surface area (Å²) in [5.41, 5.74) is 2.95. The second kappa shape index (κ2) is 7.95. The number of aryl methyl sites for hydroxylation is 1. The largest absolute Gasteiger partial charge is 0.478 e. The van der Waals surface area contributed by atoms with E-state index in [4.69, 9.17) is 0 Å². The molecule has 0 saturated heterocycles. The standard InChI is InChI=1S/C22H23N3O4S/c1-2-4-15-7-11-19(12-8-15)30(28,29)24-17-5-3-6-18(13-17)25-21(16-9-10-16)20(14-23-25)22(26)27/h3,5-8,11-14,16,24H,2,4,9-10H2,1H3,(H,26,27). The van der Waals surface area contributed by atoms with Gasteiger partial charge in [0, 0.05) is 5.92 Å². The number of carboxylic acid groups (broad SMARTS) is 1. The van der Waals surface area contributed by atoms with E-state index in [0.717, 1.165) is 31.2 Å². The van der Waals surface area contributed by atoms with Crippen molar-refractivity contribution in [3.63, 3.8) is 0 Å². The summed E-state index contributed by atoms with van der Waals surface area (Å²) in [7, 11) is -3.74. The van der Waals surface area contributed by atoms with Gasteiger partial charge in [0.25, 0.3) is 10.0 Å². The first-order valence-electron chi connectivity index (χ1n) is 9.92. The topological polar surface area (TPSA) is 101 Å². The van der Waals surface area contributed by atoms with Crippen LogP contribution in [0.15, 0.2) is 59.6 Å². The van der Waals surface area contributed by atoms with Crippen LogP contribution in [-0.4, -0.2) is 29.3 Å². The maximum atomic E-state index is 12.8. The van der Waals surface area contributed by atoms with E-state index in [1.165, 1.54) is 6.20 Å². The van der Waals surface area contributed by atoms with Crippen molar-refractivity contribution in [3.8, 4) is 5.69 Å². The Hall–Kier alpha value is -3.13. The zero-order valence-corrected chi connectivity index (χ0v) is 17.4. The van der Waals surface area contributed by atoms with E-state index in [-0.39, 0.29) is 16.4 Å². The molecule has 8 heteroatoms. The Balaban J connectivity index is 1.62. The van der Waals surface area contributed by atoms with Gasteiger partial charge in [-0.15, -0.1) is 0 Å². The first-order chi connectivity index (χ1) is 14.4. The molecule has 1 heterocycles. The van der Waals surface area contributed by atoms with Gasteiger partial charge in [0.2, 0.25) is 0 Å². The molecule has 1 aromatic heterocycles. The van der Waals surface area contributed by atoms with Crippen molar-refractivity contribution in [2.75, 3.05) is 4.72 Å². The summed E-state index contributed by atoms with van der Waals surface area (Å²) in [6, 6.07) is 13.7. The highest BCUT2D eigenvalue weighted by molar-refractivity contribution is 7.92. The lowest BCUT2D eigenvalue weighted by molar-refractivity contribution is 0.0695. The Morgan fingerprint density at radius 3 is 2.57 bits per heavy atom. The molecule has 1 aliphatic rings. The summed E-state index contributed by atoms with van der Waals surface area (Å²) < 4.78 is 29.8. The summed E-state index contributed by atoms with van der Waals surface area (Å²) in [5, 5.41) is 13.7. The fourth-order valence-electron chi connectivity index (χ4n) is 3.52. The summed E-state index contributed by atoms with van der Waals surface area (Å²) in [6.07, 6.45) is 5.10. The van der Waals surface area contributed by atoms with Crippen LogP contribution in [0.5, 0.6) is 0 Å². The van der Waals surface area contributed by atoms with E-state index in [1.54, 1.807) is 41.1 Å². The molecule has 0 spiro atoms. The van der Waals surface area contributed by atoms with Crippen molar-refractivity contribution >= 4 is 21.7 Å². The van der Waals surface area contributed by atoms with E-state index in [0.29, 0.717) is 17.1 Å². The number of rotatable bonds is 8. The Labute approximate surface area is 175 Å². The van der Waals surface area contributed by atoms with Crippen LogP contribution in [0.2, 0.25) is 0 Å². The van der Waals surface area contributed by atoms with E-state index in [1.807, 2.05) is 12.1 Å². The number of aromatic nitrogens is 2. The monoisotopic (exact) mass is 425 g/mol. The number of hydrogen-bond donors (Lipinski definition) is 2. The average Bonchev–Trinajstić information content (AvgIpc) is 3.45. The normalized spacial score (nSPS) is 13.9. The molecule has 0 unspecified atom stereocenters. The highest BCUT2D eigenvalue weighted by Crippen LogP contribution is 2.42. The third-order valence-corrected chi connectivity index (χ3v) is 6.51. The zero-order valence-electron chi connectivity index (χ0n) is 16.6. The maximum absolute atomic E-state index is 12.8. The predicted octanol–water partition coefficient (Wildman–Crippen LogP) is 4.20. The number of nitrogens with one attached hydrogen (secondary N) is 1. The number of hydrogen-bond acceptors (Lipinski definition) is 4. The van der Waals surface area contributed by atoms with Crippen molar-refractivity contribution in [2.45, 2.75) is 43.4 Å². The van der Waals surface area contributed by atoms with Crippen LogP contribution in [0.3, 0.4) is 0 Å². The van der Waals surface area contributed by atoms with Crippen LogP contribution < -0.4 is 4.72 Å². The summed E-state index contributed by atoms with van der Waals surface area (Å²) in [4.78, 5) is 11.7. The van der Waals surface area contributed by atoms with Gasteiger partial charge in [0.15, 0.2) is 0 Å². The van der Waals surface area contributed by atoms with Crippen molar-refractivity contribution in [1.29, 1.82) is 0 Å². The molecule has 2 N–H and O–H groups in total. The molecule has 1 aliphatic carbocycles. The van der Waals surface area contributed by atoms with E-state index in [2.05, 4.69) is 16.7 Å². The van der Waals surface area contributed by atoms with Crippen molar-refractivity contribution in [1.82, 2.24) is 9.78 Å². The molecule has 3 aromatic rings. The predicted molar refractivity (Wildman–Crippen MR) is 114 cm³/mol. The molecule has 156 valence electrons. The highest BCUT2D eigenvalue weighted by atomic mass is 32.2. The molecule has 0 radical (unpaired) electrons. The number of benzene rings is 2. The lowest BCUT2D eigenvalue weighted by atomic mass is 10.1. The highest BCUT2D eigenvalue weighted by Gasteiger charge is 2.33. The maximum Gasteiger partial charge on any atom is 0.339 e. The zero-order chi connectivity index (χ0) is 21.3. The third-order valence-electron chi connectivity index (χ3n) is 5.12. The van der Waals surface area contributed by atoms with E-state index < -0.39 is 16.0 Å². The molecule has 0 bridgehead atoms. The number of aromatic carboxylic acids is 1. The van der Waals surface area contributed by atoms with Crippen LogP contribution in [0.4, 0.5) is 5.69 Å². The molecule has 2 aromatic carbocycles. The first kappa shape index (κ1) is 20.2. The van der Waals surface area contributed by atoms with Gasteiger partial charge in [-0.25, -0.2) is 17.9 Å². The summed E-state index contributed by atoms with van der Waals surface area (Å²) in [5.74, 6) is -0.841. The van der Waals surface area contributed by atoms with Gasteiger partial charge in [-0.3, -0.25) is 4.72 Å². The van der Waals surface area contributed by atoms with Crippen molar-refractivity contribution < 1.29 is 18.3 Å². The molecule has 0 amide bonds. The van der Waals surface area contributed by atoms with Crippen LogP contribution in [0.1, 0.15) is 53.7 Å². The van der Waals surface area contributed by atoms with Crippen LogP contribution in [-0.2, 0) is 16.4 Å². The van der Waals surface area contributed by atoms with Gasteiger partial charge in [0.1, 0.15) is 5.56 Å². The fraction of sp³-hybridized carbons (Fsp3) is 0.273. The van der Waals surface area contributed by atoms with Gasteiger partial charge in [-0.1, -0.05) is 31.5 Å². The van der Waals surface area contributed by atoms with Crippen molar-refractivity contribution in [2.24, 2.45) is 0 Å². The molecule has 4 rings (SSSR count). The quantitative estimate of drug-likeness (QED) is 0.563. The Morgan fingerprint density at radius 1 is 1.20 bits per heavy atom. The third kappa shape index (κ3) is 4.09. The summed E-state index contributed by atoms with van der Waals surface area (Å²) >= 11 is 0. The molecule has 1 saturated carbocycles. The molecule has 0 atom stereocenters. The van der Waals surface area contributed by atoms with E-state index in [9.17, 15) is 18.3 Å². The second-order valence-corrected chi connectivity index (χ2v) is 9.17. The minimum absolute atomic E-state index is 0.167. The molecule has 7 nitrogen and oxygen atoms in total. The minimum atomic E-state index is -3.74.